The maximum absolute atomic E-state index is 11.0. The van der Waals surface area contributed by atoms with E-state index < -0.39 is 6.09 Å². The number of nitrogens with zero attached hydrogens (tertiary/aromatic N) is 4. The van der Waals surface area contributed by atoms with Gasteiger partial charge < -0.3 is 20.3 Å². The Morgan fingerprint density at radius 2 is 2.07 bits per heavy atom. The highest BCUT2D eigenvalue weighted by atomic mass is 35.5. The normalized spacial score (nSPS) is 19.5. The lowest BCUT2D eigenvalue weighted by Crippen LogP contribution is -2.38. The number of carboxylic acid groups (broad SMARTS) is 1. The molecule has 2 heterocycles. The summed E-state index contributed by atoms with van der Waals surface area (Å²) in [5.74, 6) is 0.591. The van der Waals surface area contributed by atoms with Crippen LogP contribution in [0.1, 0.15) is 37.3 Å². The molecular formula is C19H21ClN6O2. The van der Waals surface area contributed by atoms with Gasteiger partial charge in [0.15, 0.2) is 17.0 Å². The molecule has 8 nitrogen and oxygen atoms in total. The molecule has 146 valence electrons. The van der Waals surface area contributed by atoms with Crippen molar-refractivity contribution >= 4 is 34.7 Å². The van der Waals surface area contributed by atoms with Crippen molar-refractivity contribution in [1.82, 2.24) is 24.8 Å². The summed E-state index contributed by atoms with van der Waals surface area (Å²) in [5.41, 5.74) is 2.45. The van der Waals surface area contributed by atoms with E-state index in [1.54, 1.807) is 6.33 Å². The Balaban J connectivity index is 1.59. The lowest BCUT2D eigenvalue weighted by Gasteiger charge is -2.29. The number of imidazole rings is 1. The minimum absolute atomic E-state index is 0.0679. The number of amides is 1. The average molecular weight is 401 g/mol. The molecular weight excluding hydrogens is 380 g/mol. The second kappa shape index (κ2) is 8.02. The lowest BCUT2D eigenvalue weighted by molar-refractivity contribution is 0.181. The van der Waals surface area contributed by atoms with Crippen LogP contribution in [-0.4, -0.2) is 36.8 Å². The second-order valence-electron chi connectivity index (χ2n) is 6.97. The van der Waals surface area contributed by atoms with Crippen LogP contribution in [0.2, 0.25) is 5.28 Å². The van der Waals surface area contributed by atoms with Crippen LogP contribution in [0.5, 0.6) is 0 Å². The van der Waals surface area contributed by atoms with Crippen LogP contribution in [-0.2, 0) is 6.54 Å². The Labute approximate surface area is 167 Å². The van der Waals surface area contributed by atoms with Crippen molar-refractivity contribution in [3.63, 3.8) is 0 Å². The topological polar surface area (TPSA) is 105 Å². The first-order valence-corrected chi connectivity index (χ1v) is 9.65. The fourth-order valence-corrected chi connectivity index (χ4v) is 3.95. The summed E-state index contributed by atoms with van der Waals surface area (Å²) >= 11 is 6.18. The molecule has 2 unspecified atom stereocenters. The molecule has 1 amide bonds. The van der Waals surface area contributed by atoms with Gasteiger partial charge in [0, 0.05) is 18.6 Å². The van der Waals surface area contributed by atoms with Gasteiger partial charge in [-0.15, -0.1) is 0 Å². The predicted molar refractivity (Wildman–Crippen MR) is 107 cm³/mol. The van der Waals surface area contributed by atoms with E-state index in [2.05, 4.69) is 25.6 Å². The van der Waals surface area contributed by atoms with Crippen LogP contribution < -0.4 is 10.6 Å². The number of hydrogen-bond acceptors (Lipinski definition) is 5. The minimum Gasteiger partial charge on any atom is -0.465 e. The molecule has 0 aliphatic heterocycles. The van der Waals surface area contributed by atoms with Gasteiger partial charge in [0.05, 0.1) is 6.33 Å². The zero-order valence-corrected chi connectivity index (χ0v) is 15.9. The van der Waals surface area contributed by atoms with Crippen LogP contribution in [0.25, 0.3) is 11.2 Å². The van der Waals surface area contributed by atoms with Crippen molar-refractivity contribution in [3.8, 4) is 0 Å². The first-order chi connectivity index (χ1) is 13.6. The number of fused-ring (bicyclic) bond motifs is 1. The molecule has 9 heteroatoms. The summed E-state index contributed by atoms with van der Waals surface area (Å²) in [6.07, 6.45) is 4.18. The zero-order chi connectivity index (χ0) is 19.5. The number of aromatic nitrogens is 4. The number of halogens is 1. The van der Waals surface area contributed by atoms with Crippen LogP contribution >= 0.6 is 11.6 Å². The van der Waals surface area contributed by atoms with Gasteiger partial charge in [0.25, 0.3) is 0 Å². The molecule has 1 saturated carbocycles. The fraction of sp³-hybridized carbons (Fsp3) is 0.368. The molecule has 0 bridgehead atoms. The predicted octanol–water partition coefficient (Wildman–Crippen LogP) is 3.84. The van der Waals surface area contributed by atoms with Crippen molar-refractivity contribution < 1.29 is 9.90 Å². The maximum Gasteiger partial charge on any atom is 0.404 e. The van der Waals surface area contributed by atoms with E-state index in [0.717, 1.165) is 24.8 Å². The van der Waals surface area contributed by atoms with Gasteiger partial charge in [-0.1, -0.05) is 30.3 Å². The molecule has 0 saturated heterocycles. The van der Waals surface area contributed by atoms with Gasteiger partial charge in [-0.05, 0) is 42.8 Å². The summed E-state index contributed by atoms with van der Waals surface area (Å²) in [6.45, 7) is 0.601. The highest BCUT2D eigenvalue weighted by Crippen LogP contribution is 2.32. The molecule has 1 fully saturated rings. The van der Waals surface area contributed by atoms with Crippen LogP contribution in [0.3, 0.4) is 0 Å². The summed E-state index contributed by atoms with van der Waals surface area (Å²) < 4.78 is 1.99. The molecule has 0 spiro atoms. The number of benzene rings is 1. The monoisotopic (exact) mass is 400 g/mol. The molecule has 3 aromatic rings. The van der Waals surface area contributed by atoms with E-state index in [9.17, 15) is 4.79 Å². The van der Waals surface area contributed by atoms with Crippen LogP contribution in [0.4, 0.5) is 10.6 Å². The zero-order valence-electron chi connectivity index (χ0n) is 15.2. The third kappa shape index (κ3) is 4.01. The Morgan fingerprint density at radius 1 is 1.25 bits per heavy atom. The summed E-state index contributed by atoms with van der Waals surface area (Å²) in [4.78, 5) is 24.2. The first kappa shape index (κ1) is 18.5. The Kier molecular flexibility index (Phi) is 5.29. The SMILES string of the molecule is O=C(O)NC1CCCC(n2cnc3c(NCc4ccccc4)nc(Cl)nc32)C1. The fourth-order valence-electron chi connectivity index (χ4n) is 3.78. The van der Waals surface area contributed by atoms with E-state index in [1.807, 2.05) is 34.9 Å². The molecule has 0 radical (unpaired) electrons. The van der Waals surface area contributed by atoms with Crippen molar-refractivity contribution in [2.45, 2.75) is 44.3 Å². The quantitative estimate of drug-likeness (QED) is 0.562. The van der Waals surface area contributed by atoms with Gasteiger partial charge >= 0.3 is 6.09 Å². The third-order valence-corrected chi connectivity index (χ3v) is 5.23. The molecule has 1 aromatic carbocycles. The number of anilines is 1. The van der Waals surface area contributed by atoms with Gasteiger partial charge in [-0.2, -0.15) is 9.97 Å². The molecule has 3 N–H and O–H groups in total. The van der Waals surface area contributed by atoms with Crippen LogP contribution in [0.15, 0.2) is 36.7 Å². The number of nitrogens with one attached hydrogen (secondary N) is 2. The number of hydrogen-bond donors (Lipinski definition) is 3. The first-order valence-electron chi connectivity index (χ1n) is 9.27. The molecule has 2 aromatic heterocycles. The van der Waals surface area contributed by atoms with Gasteiger partial charge in [-0.25, -0.2) is 9.78 Å². The van der Waals surface area contributed by atoms with E-state index in [1.165, 1.54) is 0 Å². The molecule has 1 aliphatic carbocycles. The molecule has 4 rings (SSSR count). The van der Waals surface area contributed by atoms with Crippen LogP contribution in [0, 0.1) is 0 Å². The average Bonchev–Trinajstić information content (AvgIpc) is 3.10. The number of carbonyl (C=O) groups is 1. The van der Waals surface area contributed by atoms with Gasteiger partial charge in [-0.3, -0.25) is 0 Å². The van der Waals surface area contributed by atoms with Gasteiger partial charge in [0.2, 0.25) is 5.28 Å². The molecule has 28 heavy (non-hydrogen) atoms. The van der Waals surface area contributed by atoms with E-state index >= 15 is 0 Å². The van der Waals surface area contributed by atoms with Crippen molar-refractivity contribution in [3.05, 3.63) is 47.5 Å². The Hall–Kier alpha value is -2.87. The summed E-state index contributed by atoms with van der Waals surface area (Å²) in [6, 6.07) is 10.1. The highest BCUT2D eigenvalue weighted by Gasteiger charge is 2.26. The smallest absolute Gasteiger partial charge is 0.404 e. The second-order valence-corrected chi connectivity index (χ2v) is 7.31. The van der Waals surface area contributed by atoms with Gasteiger partial charge in [0.1, 0.15) is 0 Å². The third-order valence-electron chi connectivity index (χ3n) is 5.06. The summed E-state index contributed by atoms with van der Waals surface area (Å²) in [5, 5.41) is 15.0. The Bertz CT molecular complexity index is 977. The van der Waals surface area contributed by atoms with E-state index in [0.29, 0.717) is 29.9 Å². The van der Waals surface area contributed by atoms with E-state index in [4.69, 9.17) is 16.7 Å². The molecule has 2 atom stereocenters. The largest absolute Gasteiger partial charge is 0.465 e. The highest BCUT2D eigenvalue weighted by molar-refractivity contribution is 6.28. The summed E-state index contributed by atoms with van der Waals surface area (Å²) in [7, 11) is 0. The van der Waals surface area contributed by atoms with Crippen molar-refractivity contribution in [2.75, 3.05) is 5.32 Å². The number of rotatable bonds is 5. The van der Waals surface area contributed by atoms with Crippen molar-refractivity contribution in [1.29, 1.82) is 0 Å². The lowest BCUT2D eigenvalue weighted by atomic mass is 9.91. The Morgan fingerprint density at radius 3 is 2.86 bits per heavy atom. The van der Waals surface area contributed by atoms with Crippen molar-refractivity contribution in [2.24, 2.45) is 0 Å². The maximum atomic E-state index is 11.0. The minimum atomic E-state index is -0.987. The van der Waals surface area contributed by atoms with E-state index in [-0.39, 0.29) is 17.4 Å². The molecule has 1 aliphatic rings. The standard InChI is InChI=1S/C19H21ClN6O2/c20-18-24-16(21-10-12-5-2-1-3-6-12)15-17(25-18)26(11-22-15)14-8-4-7-13(9-14)23-19(27)28/h1-3,5-6,11,13-14,23H,4,7-10H2,(H,27,28)(H,21,24,25).